The number of rotatable bonds is 5. The molecule has 0 spiro atoms. The predicted molar refractivity (Wildman–Crippen MR) is 87.1 cm³/mol. The molecule has 1 aromatic heterocycles. The molecule has 5 heteroatoms. The van der Waals surface area contributed by atoms with Crippen molar-refractivity contribution >= 4 is 11.6 Å². The van der Waals surface area contributed by atoms with Crippen molar-refractivity contribution in [3.63, 3.8) is 0 Å². The van der Waals surface area contributed by atoms with Crippen LogP contribution in [0.25, 0.3) is 0 Å². The van der Waals surface area contributed by atoms with E-state index < -0.39 is 5.60 Å². The average molecular weight is 292 g/mol. The zero-order valence-electron chi connectivity index (χ0n) is 13.9. The van der Waals surface area contributed by atoms with Crippen LogP contribution < -0.4 is 10.2 Å². The molecule has 0 aromatic carbocycles. The summed E-state index contributed by atoms with van der Waals surface area (Å²) >= 11 is 0. The van der Waals surface area contributed by atoms with Gasteiger partial charge < -0.3 is 15.3 Å². The van der Waals surface area contributed by atoms with E-state index in [2.05, 4.69) is 29.0 Å². The summed E-state index contributed by atoms with van der Waals surface area (Å²) in [5, 5.41) is 13.8. The Labute approximate surface area is 127 Å². The average Bonchev–Trinajstić information content (AvgIpc) is 2.84. The molecule has 1 aliphatic rings. The van der Waals surface area contributed by atoms with Gasteiger partial charge in [-0.3, -0.25) is 0 Å². The highest BCUT2D eigenvalue weighted by Crippen LogP contribution is 2.32. The summed E-state index contributed by atoms with van der Waals surface area (Å²) in [7, 11) is 3.89. The van der Waals surface area contributed by atoms with Gasteiger partial charge in [-0.05, 0) is 19.8 Å². The molecule has 0 amide bonds. The van der Waals surface area contributed by atoms with Gasteiger partial charge in [0.15, 0.2) is 0 Å². The third kappa shape index (κ3) is 3.46. The van der Waals surface area contributed by atoms with Crippen molar-refractivity contribution in [2.45, 2.75) is 58.0 Å². The van der Waals surface area contributed by atoms with E-state index in [0.29, 0.717) is 6.54 Å². The highest BCUT2D eigenvalue weighted by atomic mass is 16.3. The molecule has 0 radical (unpaired) electrons. The Kier molecular flexibility index (Phi) is 4.71. The van der Waals surface area contributed by atoms with E-state index in [9.17, 15) is 5.11 Å². The predicted octanol–water partition coefficient (Wildman–Crippen LogP) is 2.69. The number of aliphatic hydroxyl groups is 1. The maximum atomic E-state index is 10.6. The molecule has 1 aromatic rings. The van der Waals surface area contributed by atoms with Crippen LogP contribution in [0.3, 0.4) is 0 Å². The number of likely N-dealkylation sites (N-methyl/N-ethyl adjacent to an activating group) is 1. The number of anilines is 2. The minimum atomic E-state index is -0.566. The van der Waals surface area contributed by atoms with Crippen LogP contribution in [0.4, 0.5) is 11.6 Å². The smallest absolute Gasteiger partial charge is 0.137 e. The minimum Gasteiger partial charge on any atom is -0.388 e. The molecule has 2 N–H and O–H groups in total. The van der Waals surface area contributed by atoms with E-state index in [1.807, 2.05) is 21.0 Å². The lowest BCUT2D eigenvalue weighted by atomic mass is 10.0. The molecule has 0 saturated heterocycles. The second-order valence-corrected chi connectivity index (χ2v) is 6.57. The van der Waals surface area contributed by atoms with Crippen LogP contribution in [0.5, 0.6) is 0 Å². The molecule has 1 aliphatic carbocycles. The fourth-order valence-electron chi connectivity index (χ4n) is 3.10. The molecule has 5 nitrogen and oxygen atoms in total. The quantitative estimate of drug-likeness (QED) is 0.873. The SMILES string of the molecule is CNc1nc(C(C)C)nc(N(C)CC2(O)CCCC2)c1C. The fraction of sp³-hybridized carbons (Fsp3) is 0.750. The molecule has 0 unspecified atom stereocenters. The van der Waals surface area contributed by atoms with Crippen LogP contribution in [0.2, 0.25) is 0 Å². The van der Waals surface area contributed by atoms with Crippen molar-refractivity contribution in [2.75, 3.05) is 30.9 Å². The van der Waals surface area contributed by atoms with Gasteiger partial charge in [-0.25, -0.2) is 9.97 Å². The van der Waals surface area contributed by atoms with Crippen LogP contribution in [0.15, 0.2) is 0 Å². The molecule has 1 fully saturated rings. The molecule has 21 heavy (non-hydrogen) atoms. The first-order chi connectivity index (χ1) is 9.86. The van der Waals surface area contributed by atoms with E-state index in [4.69, 9.17) is 4.98 Å². The summed E-state index contributed by atoms with van der Waals surface area (Å²) in [5.41, 5.74) is 0.468. The molecule has 0 atom stereocenters. The number of hydrogen-bond donors (Lipinski definition) is 2. The Morgan fingerprint density at radius 1 is 1.29 bits per heavy atom. The summed E-state index contributed by atoms with van der Waals surface area (Å²) in [5.74, 6) is 2.90. The second-order valence-electron chi connectivity index (χ2n) is 6.57. The molecule has 1 saturated carbocycles. The van der Waals surface area contributed by atoms with Crippen LogP contribution >= 0.6 is 0 Å². The molecule has 0 bridgehead atoms. The lowest BCUT2D eigenvalue weighted by Crippen LogP contribution is -2.40. The third-order valence-electron chi connectivity index (χ3n) is 4.32. The molecule has 0 aliphatic heterocycles. The highest BCUT2D eigenvalue weighted by Gasteiger charge is 2.33. The maximum absolute atomic E-state index is 10.6. The second kappa shape index (κ2) is 6.18. The summed E-state index contributed by atoms with van der Waals surface area (Å²) in [4.78, 5) is 11.4. The monoisotopic (exact) mass is 292 g/mol. The van der Waals surface area contributed by atoms with Crippen LogP contribution in [0.1, 0.15) is 56.8 Å². The first-order valence-corrected chi connectivity index (χ1v) is 7.86. The van der Waals surface area contributed by atoms with Gasteiger partial charge in [0.2, 0.25) is 0 Å². The van der Waals surface area contributed by atoms with Gasteiger partial charge in [0.05, 0.1) is 5.60 Å². The largest absolute Gasteiger partial charge is 0.388 e. The first kappa shape index (κ1) is 16.0. The van der Waals surface area contributed by atoms with E-state index in [1.165, 1.54) is 0 Å². The van der Waals surface area contributed by atoms with Crippen molar-refractivity contribution in [2.24, 2.45) is 0 Å². The first-order valence-electron chi connectivity index (χ1n) is 7.86. The van der Waals surface area contributed by atoms with E-state index >= 15 is 0 Å². The molecular weight excluding hydrogens is 264 g/mol. The lowest BCUT2D eigenvalue weighted by molar-refractivity contribution is 0.0557. The van der Waals surface area contributed by atoms with Gasteiger partial charge in [-0.2, -0.15) is 0 Å². The number of hydrogen-bond acceptors (Lipinski definition) is 5. The summed E-state index contributed by atoms with van der Waals surface area (Å²) in [6, 6.07) is 0. The summed E-state index contributed by atoms with van der Waals surface area (Å²) in [6.45, 7) is 6.85. The summed E-state index contributed by atoms with van der Waals surface area (Å²) < 4.78 is 0. The normalized spacial score (nSPS) is 17.3. The van der Waals surface area contributed by atoms with Crippen molar-refractivity contribution in [3.8, 4) is 0 Å². The Morgan fingerprint density at radius 2 is 1.90 bits per heavy atom. The van der Waals surface area contributed by atoms with E-state index in [1.54, 1.807) is 0 Å². The van der Waals surface area contributed by atoms with Crippen molar-refractivity contribution in [1.29, 1.82) is 0 Å². The minimum absolute atomic E-state index is 0.277. The van der Waals surface area contributed by atoms with Crippen molar-refractivity contribution in [1.82, 2.24) is 9.97 Å². The van der Waals surface area contributed by atoms with Crippen LogP contribution in [-0.4, -0.2) is 41.3 Å². The van der Waals surface area contributed by atoms with Crippen LogP contribution in [0, 0.1) is 6.92 Å². The standard InChI is InChI=1S/C16H28N4O/c1-11(2)13-18-14(17-4)12(3)15(19-13)20(5)10-16(21)8-6-7-9-16/h11,21H,6-10H2,1-5H3,(H,17,18,19). The number of nitrogens with zero attached hydrogens (tertiary/aromatic N) is 3. The zero-order chi connectivity index (χ0) is 15.6. The van der Waals surface area contributed by atoms with Gasteiger partial charge in [0, 0.05) is 32.1 Å². The van der Waals surface area contributed by atoms with E-state index in [-0.39, 0.29) is 5.92 Å². The number of nitrogens with one attached hydrogen (secondary N) is 1. The lowest BCUT2D eigenvalue weighted by Gasteiger charge is -2.30. The Hall–Kier alpha value is -1.36. The van der Waals surface area contributed by atoms with Crippen molar-refractivity contribution < 1.29 is 5.11 Å². The highest BCUT2D eigenvalue weighted by molar-refractivity contribution is 5.58. The van der Waals surface area contributed by atoms with Gasteiger partial charge in [0.25, 0.3) is 0 Å². The van der Waals surface area contributed by atoms with Crippen LogP contribution in [-0.2, 0) is 0 Å². The Morgan fingerprint density at radius 3 is 2.43 bits per heavy atom. The fourth-order valence-corrected chi connectivity index (χ4v) is 3.10. The van der Waals surface area contributed by atoms with Gasteiger partial charge in [-0.1, -0.05) is 26.7 Å². The van der Waals surface area contributed by atoms with Gasteiger partial charge in [0.1, 0.15) is 17.5 Å². The summed E-state index contributed by atoms with van der Waals surface area (Å²) in [6.07, 6.45) is 4.01. The molecular formula is C16H28N4O. The van der Waals surface area contributed by atoms with Gasteiger partial charge >= 0.3 is 0 Å². The number of aromatic nitrogens is 2. The van der Waals surface area contributed by atoms with E-state index in [0.717, 1.165) is 48.7 Å². The zero-order valence-corrected chi connectivity index (χ0v) is 13.9. The molecule has 1 heterocycles. The topological polar surface area (TPSA) is 61.3 Å². The maximum Gasteiger partial charge on any atom is 0.137 e. The molecule has 118 valence electrons. The third-order valence-corrected chi connectivity index (χ3v) is 4.32. The van der Waals surface area contributed by atoms with Crippen molar-refractivity contribution in [3.05, 3.63) is 11.4 Å². The van der Waals surface area contributed by atoms with Gasteiger partial charge in [-0.15, -0.1) is 0 Å². The Balaban J connectivity index is 2.30. The molecule has 2 rings (SSSR count). The Bertz CT molecular complexity index is 495.